The summed E-state index contributed by atoms with van der Waals surface area (Å²) < 4.78 is 31.5. The molecule has 1 aliphatic carbocycles. The summed E-state index contributed by atoms with van der Waals surface area (Å²) in [6.07, 6.45) is -0.163. The minimum Gasteiger partial charge on any atom is -0.497 e. The number of alkyl halides is 2. The molecule has 0 spiro atoms. The van der Waals surface area contributed by atoms with Gasteiger partial charge in [-0.05, 0) is 17.7 Å². The molecule has 1 fully saturated rings. The van der Waals surface area contributed by atoms with Crippen LogP contribution in [0.3, 0.4) is 0 Å². The van der Waals surface area contributed by atoms with Crippen molar-refractivity contribution in [2.45, 2.75) is 17.8 Å². The molecule has 1 aromatic rings. The van der Waals surface area contributed by atoms with Crippen LogP contribution in [0.4, 0.5) is 8.78 Å². The molecular formula is C11H13F2NO. The van der Waals surface area contributed by atoms with E-state index in [-0.39, 0.29) is 13.0 Å². The van der Waals surface area contributed by atoms with Crippen LogP contribution < -0.4 is 10.5 Å². The van der Waals surface area contributed by atoms with Gasteiger partial charge in [-0.1, -0.05) is 12.1 Å². The predicted molar refractivity (Wildman–Crippen MR) is 53.3 cm³/mol. The molecule has 0 aromatic heterocycles. The largest absolute Gasteiger partial charge is 0.497 e. The Morgan fingerprint density at radius 2 is 2.13 bits per heavy atom. The summed E-state index contributed by atoms with van der Waals surface area (Å²) in [5.41, 5.74) is 4.85. The van der Waals surface area contributed by atoms with Gasteiger partial charge in [-0.15, -0.1) is 0 Å². The van der Waals surface area contributed by atoms with Gasteiger partial charge in [-0.25, -0.2) is 8.78 Å². The molecule has 1 aromatic carbocycles. The molecular weight excluding hydrogens is 200 g/mol. The van der Waals surface area contributed by atoms with E-state index in [1.54, 1.807) is 24.3 Å². The number of rotatable bonds is 3. The summed E-state index contributed by atoms with van der Waals surface area (Å²) in [7, 11) is 1.51. The Kier molecular flexibility index (Phi) is 2.19. The molecule has 2 rings (SSSR count). The van der Waals surface area contributed by atoms with Crippen molar-refractivity contribution in [1.29, 1.82) is 0 Å². The topological polar surface area (TPSA) is 35.2 Å². The lowest BCUT2D eigenvalue weighted by Crippen LogP contribution is -2.26. The quantitative estimate of drug-likeness (QED) is 0.832. The third-order valence-corrected chi connectivity index (χ3v) is 3.07. The lowest BCUT2D eigenvalue weighted by molar-refractivity contribution is 0.0896. The average Bonchev–Trinajstić information content (AvgIpc) is 2.82. The zero-order valence-electron chi connectivity index (χ0n) is 8.47. The van der Waals surface area contributed by atoms with Gasteiger partial charge in [0.25, 0.3) is 5.92 Å². The second-order valence-electron chi connectivity index (χ2n) is 3.90. The molecule has 1 saturated carbocycles. The summed E-state index contributed by atoms with van der Waals surface area (Å²) in [5, 5.41) is 0. The third-order valence-electron chi connectivity index (χ3n) is 3.07. The normalized spacial score (nSPS) is 27.5. The number of ether oxygens (including phenoxy) is 1. The Bertz CT molecular complexity index is 381. The summed E-state index contributed by atoms with van der Waals surface area (Å²) in [6.45, 7) is -0.0346. The summed E-state index contributed by atoms with van der Waals surface area (Å²) >= 11 is 0. The molecule has 1 atom stereocenters. The molecule has 0 saturated heterocycles. The van der Waals surface area contributed by atoms with E-state index in [0.717, 1.165) is 0 Å². The zero-order valence-corrected chi connectivity index (χ0v) is 8.47. The first kappa shape index (κ1) is 10.4. The molecule has 0 aliphatic heterocycles. The molecule has 4 heteroatoms. The molecule has 2 N–H and O–H groups in total. The van der Waals surface area contributed by atoms with Crippen molar-refractivity contribution < 1.29 is 13.5 Å². The van der Waals surface area contributed by atoms with E-state index in [4.69, 9.17) is 10.5 Å². The Hall–Kier alpha value is -1.16. The van der Waals surface area contributed by atoms with Crippen LogP contribution in [0.25, 0.3) is 0 Å². The van der Waals surface area contributed by atoms with Crippen molar-refractivity contribution >= 4 is 0 Å². The summed E-state index contributed by atoms with van der Waals surface area (Å²) in [5.74, 6) is -2.09. The van der Waals surface area contributed by atoms with E-state index in [9.17, 15) is 8.78 Å². The number of nitrogens with two attached hydrogens (primary N) is 1. The second kappa shape index (κ2) is 3.17. The molecule has 0 heterocycles. The maximum atomic E-state index is 13.3. The van der Waals surface area contributed by atoms with Crippen molar-refractivity contribution in [2.24, 2.45) is 5.73 Å². The first-order valence-corrected chi connectivity index (χ1v) is 4.78. The molecule has 0 amide bonds. The average molecular weight is 213 g/mol. The number of benzene rings is 1. The van der Waals surface area contributed by atoms with Crippen molar-refractivity contribution in [3.8, 4) is 5.75 Å². The van der Waals surface area contributed by atoms with Crippen molar-refractivity contribution in [1.82, 2.24) is 0 Å². The van der Waals surface area contributed by atoms with Crippen LogP contribution in [0.1, 0.15) is 12.0 Å². The summed E-state index contributed by atoms with van der Waals surface area (Å²) in [6, 6.07) is 6.75. The van der Waals surface area contributed by atoms with E-state index in [0.29, 0.717) is 11.3 Å². The van der Waals surface area contributed by atoms with Gasteiger partial charge in [0, 0.05) is 13.0 Å². The number of hydrogen-bond donors (Lipinski definition) is 1. The Balaban J connectivity index is 2.37. The highest BCUT2D eigenvalue weighted by Crippen LogP contribution is 2.61. The van der Waals surface area contributed by atoms with E-state index < -0.39 is 11.3 Å². The number of halogens is 2. The first-order valence-electron chi connectivity index (χ1n) is 4.78. The molecule has 2 nitrogen and oxygen atoms in total. The smallest absolute Gasteiger partial charge is 0.260 e. The molecule has 15 heavy (non-hydrogen) atoms. The van der Waals surface area contributed by atoms with Crippen molar-refractivity contribution in [3.05, 3.63) is 29.8 Å². The molecule has 82 valence electrons. The second-order valence-corrected chi connectivity index (χ2v) is 3.90. The van der Waals surface area contributed by atoms with E-state index in [1.165, 1.54) is 7.11 Å². The third kappa shape index (κ3) is 1.40. The predicted octanol–water partition coefficient (Wildman–Crippen LogP) is 1.93. The Morgan fingerprint density at radius 3 is 2.60 bits per heavy atom. The lowest BCUT2D eigenvalue weighted by atomic mass is 9.95. The van der Waals surface area contributed by atoms with Gasteiger partial charge in [0.2, 0.25) is 0 Å². The van der Waals surface area contributed by atoms with Crippen LogP contribution in [-0.2, 0) is 5.41 Å². The lowest BCUT2D eigenvalue weighted by Gasteiger charge is -2.15. The van der Waals surface area contributed by atoms with Gasteiger partial charge in [0.1, 0.15) is 5.75 Å². The molecule has 0 radical (unpaired) electrons. The van der Waals surface area contributed by atoms with Crippen LogP contribution in [0.15, 0.2) is 24.3 Å². The highest BCUT2D eigenvalue weighted by Gasteiger charge is 2.71. The minimum absolute atomic E-state index is 0.0346. The van der Waals surface area contributed by atoms with Crippen LogP contribution in [-0.4, -0.2) is 19.6 Å². The van der Waals surface area contributed by atoms with Gasteiger partial charge >= 0.3 is 0 Å². The van der Waals surface area contributed by atoms with E-state index in [1.807, 2.05) is 0 Å². The fraction of sp³-hybridized carbons (Fsp3) is 0.455. The maximum absolute atomic E-state index is 13.3. The van der Waals surface area contributed by atoms with E-state index in [2.05, 4.69) is 0 Å². The van der Waals surface area contributed by atoms with Crippen molar-refractivity contribution in [3.63, 3.8) is 0 Å². The van der Waals surface area contributed by atoms with Crippen LogP contribution in [0, 0.1) is 0 Å². The van der Waals surface area contributed by atoms with Gasteiger partial charge in [-0.3, -0.25) is 0 Å². The maximum Gasteiger partial charge on any atom is 0.260 e. The zero-order chi connectivity index (χ0) is 11.1. The van der Waals surface area contributed by atoms with Gasteiger partial charge < -0.3 is 10.5 Å². The highest BCUT2D eigenvalue weighted by atomic mass is 19.3. The highest BCUT2D eigenvalue weighted by molar-refractivity contribution is 5.42. The van der Waals surface area contributed by atoms with Crippen LogP contribution in [0.5, 0.6) is 5.75 Å². The number of methoxy groups -OCH3 is 1. The summed E-state index contributed by atoms with van der Waals surface area (Å²) in [4.78, 5) is 0. The van der Waals surface area contributed by atoms with Crippen molar-refractivity contribution in [2.75, 3.05) is 13.7 Å². The first-order chi connectivity index (χ1) is 7.05. The van der Waals surface area contributed by atoms with Crippen LogP contribution >= 0.6 is 0 Å². The van der Waals surface area contributed by atoms with Gasteiger partial charge in [-0.2, -0.15) is 0 Å². The molecule has 0 bridgehead atoms. The molecule has 1 unspecified atom stereocenters. The molecule has 1 aliphatic rings. The SMILES string of the molecule is COc1cccc(C2(CN)CC2(F)F)c1. The van der Waals surface area contributed by atoms with Gasteiger partial charge in [0.15, 0.2) is 0 Å². The number of hydrogen-bond acceptors (Lipinski definition) is 2. The monoisotopic (exact) mass is 213 g/mol. The standard InChI is InChI=1S/C11H13F2NO/c1-15-9-4-2-3-8(5-9)10(7-14)6-11(10,12)13/h2-5H,6-7,14H2,1H3. The van der Waals surface area contributed by atoms with E-state index >= 15 is 0 Å². The fourth-order valence-corrected chi connectivity index (χ4v) is 1.91. The Morgan fingerprint density at radius 1 is 1.47 bits per heavy atom. The minimum atomic E-state index is -2.67. The Labute approximate surface area is 87.0 Å². The van der Waals surface area contributed by atoms with Gasteiger partial charge in [0.05, 0.1) is 12.5 Å². The fourth-order valence-electron chi connectivity index (χ4n) is 1.91. The van der Waals surface area contributed by atoms with Crippen LogP contribution in [0.2, 0.25) is 0 Å².